The van der Waals surface area contributed by atoms with Gasteiger partial charge in [-0.05, 0) is 45.0 Å². The van der Waals surface area contributed by atoms with Crippen molar-refractivity contribution in [3.63, 3.8) is 0 Å². The van der Waals surface area contributed by atoms with Crippen LogP contribution in [0.3, 0.4) is 0 Å². The van der Waals surface area contributed by atoms with E-state index in [-0.39, 0.29) is 5.60 Å². The van der Waals surface area contributed by atoms with E-state index in [9.17, 15) is 0 Å². The van der Waals surface area contributed by atoms with Gasteiger partial charge in [-0.1, -0.05) is 0 Å². The van der Waals surface area contributed by atoms with Crippen molar-refractivity contribution < 1.29 is 4.74 Å². The molecule has 0 saturated carbocycles. The van der Waals surface area contributed by atoms with Crippen LogP contribution in [-0.2, 0) is 0 Å². The van der Waals surface area contributed by atoms with Crippen molar-refractivity contribution >= 4 is 0 Å². The van der Waals surface area contributed by atoms with Crippen LogP contribution in [0.4, 0.5) is 0 Å². The minimum atomic E-state index is -0.165. The summed E-state index contributed by atoms with van der Waals surface area (Å²) in [6, 6.07) is 7.89. The largest absolute Gasteiger partial charge is 0.488 e. The molecule has 1 aromatic carbocycles. The lowest BCUT2D eigenvalue weighted by Crippen LogP contribution is -2.22. The van der Waals surface area contributed by atoms with Crippen molar-refractivity contribution in [1.82, 2.24) is 9.97 Å². The first kappa shape index (κ1) is 10.7. The number of rotatable bonds is 2. The molecule has 0 fully saturated rings. The SMILES string of the molecule is CC(C)(C)Oc1ccc(-c2c[nH][c]n2)cc1. The van der Waals surface area contributed by atoms with Crippen LogP contribution in [0.15, 0.2) is 30.5 Å². The predicted molar refractivity (Wildman–Crippen MR) is 63.2 cm³/mol. The first-order chi connectivity index (χ1) is 7.54. The molecule has 0 amide bonds. The molecule has 1 aromatic heterocycles. The number of nitrogens with zero attached hydrogens (tertiary/aromatic N) is 1. The van der Waals surface area contributed by atoms with Gasteiger partial charge in [0, 0.05) is 11.8 Å². The molecule has 1 radical (unpaired) electrons. The number of ether oxygens (including phenoxy) is 1. The van der Waals surface area contributed by atoms with E-state index in [4.69, 9.17) is 4.74 Å². The van der Waals surface area contributed by atoms with Crippen molar-refractivity contribution in [3.8, 4) is 17.0 Å². The minimum Gasteiger partial charge on any atom is -0.488 e. The summed E-state index contributed by atoms with van der Waals surface area (Å²) in [6.45, 7) is 6.09. The molecule has 0 atom stereocenters. The molecule has 0 unspecified atom stereocenters. The molecule has 0 aliphatic rings. The Bertz CT molecular complexity index is 438. The smallest absolute Gasteiger partial charge is 0.174 e. The molecule has 2 rings (SSSR count). The number of aromatic nitrogens is 2. The van der Waals surface area contributed by atoms with Crippen molar-refractivity contribution in [2.75, 3.05) is 0 Å². The number of nitrogens with one attached hydrogen (secondary N) is 1. The summed E-state index contributed by atoms with van der Waals surface area (Å²) in [6.07, 6.45) is 4.49. The Morgan fingerprint density at radius 2 is 1.88 bits per heavy atom. The van der Waals surface area contributed by atoms with Crippen molar-refractivity contribution in [1.29, 1.82) is 0 Å². The van der Waals surface area contributed by atoms with Gasteiger partial charge in [0.1, 0.15) is 11.4 Å². The van der Waals surface area contributed by atoms with Gasteiger partial charge >= 0.3 is 0 Å². The summed E-state index contributed by atoms with van der Waals surface area (Å²) in [4.78, 5) is 6.88. The Kier molecular flexibility index (Phi) is 2.69. The van der Waals surface area contributed by atoms with Crippen LogP contribution in [0.5, 0.6) is 5.75 Å². The lowest BCUT2D eigenvalue weighted by molar-refractivity contribution is 0.131. The topological polar surface area (TPSA) is 37.9 Å². The monoisotopic (exact) mass is 215 g/mol. The average Bonchev–Trinajstić information content (AvgIpc) is 2.69. The maximum Gasteiger partial charge on any atom is 0.174 e. The average molecular weight is 215 g/mol. The number of hydrogen-bond donors (Lipinski definition) is 1. The summed E-state index contributed by atoms with van der Waals surface area (Å²) >= 11 is 0. The Labute approximate surface area is 95.5 Å². The van der Waals surface area contributed by atoms with Crippen LogP contribution in [0, 0.1) is 6.33 Å². The first-order valence-electron chi connectivity index (χ1n) is 5.25. The summed E-state index contributed by atoms with van der Waals surface area (Å²) in [5.74, 6) is 0.871. The summed E-state index contributed by atoms with van der Waals surface area (Å²) in [5.41, 5.74) is 1.78. The van der Waals surface area contributed by atoms with Crippen molar-refractivity contribution in [2.24, 2.45) is 0 Å². The van der Waals surface area contributed by atoms with Gasteiger partial charge in [0.2, 0.25) is 0 Å². The van der Waals surface area contributed by atoms with Gasteiger partial charge in [0.15, 0.2) is 6.33 Å². The van der Waals surface area contributed by atoms with Gasteiger partial charge < -0.3 is 9.72 Å². The van der Waals surface area contributed by atoms with E-state index in [2.05, 4.69) is 16.3 Å². The fourth-order valence-corrected chi connectivity index (χ4v) is 1.42. The third-order valence-electron chi connectivity index (χ3n) is 2.02. The molecular weight excluding hydrogens is 200 g/mol. The molecule has 0 aliphatic heterocycles. The molecule has 0 aliphatic carbocycles. The third kappa shape index (κ3) is 2.63. The fourth-order valence-electron chi connectivity index (χ4n) is 1.42. The zero-order chi connectivity index (χ0) is 11.6. The van der Waals surface area contributed by atoms with Gasteiger partial charge in [-0.3, -0.25) is 0 Å². The van der Waals surface area contributed by atoms with Gasteiger partial charge in [-0.2, -0.15) is 0 Å². The van der Waals surface area contributed by atoms with Crippen LogP contribution in [0.2, 0.25) is 0 Å². The standard InChI is InChI=1S/C13H15N2O/c1-13(2,3)16-11-6-4-10(5-7-11)12-8-14-9-15-12/h4-8H,1-3H3,(H,14,15). The van der Waals surface area contributed by atoms with E-state index in [1.165, 1.54) is 0 Å². The maximum absolute atomic E-state index is 5.74. The molecule has 1 N–H and O–H groups in total. The molecule has 3 nitrogen and oxygen atoms in total. The quantitative estimate of drug-likeness (QED) is 0.836. The van der Waals surface area contributed by atoms with Crippen LogP contribution in [0.1, 0.15) is 20.8 Å². The van der Waals surface area contributed by atoms with Gasteiger partial charge in [-0.15, -0.1) is 0 Å². The second-order valence-corrected chi connectivity index (χ2v) is 4.64. The zero-order valence-electron chi connectivity index (χ0n) is 9.74. The third-order valence-corrected chi connectivity index (χ3v) is 2.02. The van der Waals surface area contributed by atoms with Crippen LogP contribution >= 0.6 is 0 Å². The van der Waals surface area contributed by atoms with Crippen molar-refractivity contribution in [2.45, 2.75) is 26.4 Å². The molecule has 0 saturated heterocycles. The molecule has 16 heavy (non-hydrogen) atoms. The van der Waals surface area contributed by atoms with E-state index in [1.54, 1.807) is 0 Å². The molecule has 1 heterocycles. The zero-order valence-corrected chi connectivity index (χ0v) is 9.74. The number of H-pyrrole nitrogens is 1. The number of hydrogen-bond acceptors (Lipinski definition) is 2. The van der Waals surface area contributed by atoms with E-state index in [1.807, 2.05) is 51.2 Å². The number of benzene rings is 1. The van der Waals surface area contributed by atoms with Gasteiger partial charge in [-0.25, -0.2) is 4.98 Å². The second kappa shape index (κ2) is 4.00. The van der Waals surface area contributed by atoms with Crippen molar-refractivity contribution in [3.05, 3.63) is 36.8 Å². The lowest BCUT2D eigenvalue weighted by Gasteiger charge is -2.21. The summed E-state index contributed by atoms with van der Waals surface area (Å²) in [5, 5.41) is 0. The van der Waals surface area contributed by atoms with Crippen LogP contribution in [0.25, 0.3) is 11.3 Å². The lowest BCUT2D eigenvalue weighted by atomic mass is 10.1. The number of aromatic amines is 1. The molecule has 0 bridgehead atoms. The van der Waals surface area contributed by atoms with Crippen LogP contribution < -0.4 is 4.74 Å². The number of imidazole rings is 1. The molecule has 3 heteroatoms. The van der Waals surface area contributed by atoms with E-state index in [0.717, 1.165) is 17.0 Å². The maximum atomic E-state index is 5.74. The van der Waals surface area contributed by atoms with Gasteiger partial charge in [0.25, 0.3) is 0 Å². The molecule has 0 spiro atoms. The highest BCUT2D eigenvalue weighted by molar-refractivity contribution is 5.58. The second-order valence-electron chi connectivity index (χ2n) is 4.64. The predicted octanol–water partition coefficient (Wildman–Crippen LogP) is 3.05. The highest BCUT2D eigenvalue weighted by atomic mass is 16.5. The van der Waals surface area contributed by atoms with E-state index < -0.39 is 0 Å². The highest BCUT2D eigenvalue weighted by Gasteiger charge is 2.11. The van der Waals surface area contributed by atoms with E-state index >= 15 is 0 Å². The Hall–Kier alpha value is -1.77. The van der Waals surface area contributed by atoms with Crippen LogP contribution in [-0.4, -0.2) is 15.6 Å². The molecular formula is C13H15N2O. The molecule has 83 valence electrons. The Morgan fingerprint density at radius 3 is 2.38 bits per heavy atom. The van der Waals surface area contributed by atoms with Gasteiger partial charge in [0.05, 0.1) is 5.69 Å². The first-order valence-corrected chi connectivity index (χ1v) is 5.25. The highest BCUT2D eigenvalue weighted by Crippen LogP contribution is 2.22. The van der Waals surface area contributed by atoms with E-state index in [0.29, 0.717) is 0 Å². The summed E-state index contributed by atoms with van der Waals surface area (Å²) < 4.78 is 5.74. The Morgan fingerprint density at radius 1 is 1.19 bits per heavy atom. The summed E-state index contributed by atoms with van der Waals surface area (Å²) in [7, 11) is 0. The fraction of sp³-hybridized carbons (Fsp3) is 0.308. The molecule has 2 aromatic rings. The minimum absolute atomic E-state index is 0.165. The normalized spacial score (nSPS) is 11.4. The Balaban J connectivity index is 2.17.